The lowest BCUT2D eigenvalue weighted by atomic mass is 10.2. The van der Waals surface area contributed by atoms with E-state index in [0.717, 1.165) is 30.1 Å². The molecule has 1 aliphatic rings. The number of nitrogens with zero attached hydrogens (tertiary/aromatic N) is 2. The molecule has 0 radical (unpaired) electrons. The van der Waals surface area contributed by atoms with Crippen LogP contribution in [0.25, 0.3) is 0 Å². The van der Waals surface area contributed by atoms with Gasteiger partial charge in [-0.15, -0.1) is 0 Å². The largest absolute Gasteiger partial charge is 0.489 e. The summed E-state index contributed by atoms with van der Waals surface area (Å²) in [5.41, 5.74) is 1.66. The number of anilines is 1. The molecule has 0 bridgehead atoms. The molecule has 0 unspecified atom stereocenters. The fourth-order valence-electron chi connectivity index (χ4n) is 3.14. The van der Waals surface area contributed by atoms with Crippen LogP contribution in [0.15, 0.2) is 54.9 Å². The van der Waals surface area contributed by atoms with Crippen molar-refractivity contribution in [3.8, 4) is 17.2 Å². The third-order valence-electron chi connectivity index (χ3n) is 4.72. The Hall–Kier alpha value is -3.68. The molecule has 4 rings (SSSR count). The van der Waals surface area contributed by atoms with Crippen molar-refractivity contribution < 1.29 is 19.0 Å². The summed E-state index contributed by atoms with van der Waals surface area (Å²) >= 11 is 0. The summed E-state index contributed by atoms with van der Waals surface area (Å²) in [6.07, 6.45) is 4.54. The van der Waals surface area contributed by atoms with Crippen molar-refractivity contribution in [2.24, 2.45) is 0 Å². The van der Waals surface area contributed by atoms with Gasteiger partial charge in [0.1, 0.15) is 18.2 Å². The minimum absolute atomic E-state index is 0.230. The molecule has 0 atom stereocenters. The van der Waals surface area contributed by atoms with Crippen LogP contribution >= 0.6 is 0 Å². The fraction of sp³-hybridized carbons (Fsp3) is 0.273. The Morgan fingerprint density at radius 3 is 2.97 bits per heavy atom. The van der Waals surface area contributed by atoms with Crippen LogP contribution in [0.2, 0.25) is 0 Å². The molecular formula is C22H24N4O4. The number of imidazole rings is 1. The van der Waals surface area contributed by atoms with E-state index in [9.17, 15) is 4.79 Å². The number of hydrogen-bond donors (Lipinski definition) is 2. The average Bonchev–Trinajstić information content (AvgIpc) is 3.38. The number of aromatic nitrogens is 2. The number of benzene rings is 2. The van der Waals surface area contributed by atoms with Gasteiger partial charge in [-0.05, 0) is 43.2 Å². The van der Waals surface area contributed by atoms with Gasteiger partial charge in [0.2, 0.25) is 6.79 Å². The molecular weight excluding hydrogens is 384 g/mol. The predicted octanol–water partition coefficient (Wildman–Crippen LogP) is 3.71. The summed E-state index contributed by atoms with van der Waals surface area (Å²) in [7, 11) is 0. The van der Waals surface area contributed by atoms with Crippen molar-refractivity contribution >= 4 is 11.7 Å². The zero-order chi connectivity index (χ0) is 20.8. The van der Waals surface area contributed by atoms with E-state index in [1.807, 2.05) is 55.6 Å². The highest BCUT2D eigenvalue weighted by Gasteiger charge is 2.13. The third-order valence-corrected chi connectivity index (χ3v) is 4.72. The summed E-state index contributed by atoms with van der Waals surface area (Å²) in [6.45, 7) is 3.97. The molecule has 0 aliphatic carbocycles. The monoisotopic (exact) mass is 408 g/mol. The molecule has 0 fully saturated rings. The van der Waals surface area contributed by atoms with Gasteiger partial charge in [0.15, 0.2) is 11.5 Å². The molecule has 2 aromatic carbocycles. The number of carbonyl (C=O) groups is 1. The summed E-state index contributed by atoms with van der Waals surface area (Å²) < 4.78 is 18.5. The third kappa shape index (κ3) is 5.02. The standard InChI is InChI=1S/C22H24N4O4/c1-16-23-9-11-26(16)10-3-8-24-22(27)25-18-5-2-4-17(12-18)14-28-19-6-7-20-21(13-19)30-15-29-20/h2,4-7,9,11-13H,3,8,10,14-15H2,1H3,(H2,24,25,27). The van der Waals surface area contributed by atoms with E-state index in [1.165, 1.54) is 0 Å². The summed E-state index contributed by atoms with van der Waals surface area (Å²) in [6, 6.07) is 12.8. The van der Waals surface area contributed by atoms with Crippen LogP contribution in [0.1, 0.15) is 17.8 Å². The van der Waals surface area contributed by atoms with Crippen molar-refractivity contribution in [2.45, 2.75) is 26.5 Å². The summed E-state index contributed by atoms with van der Waals surface area (Å²) in [5.74, 6) is 3.07. The Balaban J connectivity index is 1.22. The number of aryl methyl sites for hydroxylation is 2. The number of carbonyl (C=O) groups excluding carboxylic acids is 1. The Labute approximate surface area is 174 Å². The van der Waals surface area contributed by atoms with Crippen LogP contribution in [0.4, 0.5) is 10.5 Å². The number of hydrogen-bond acceptors (Lipinski definition) is 5. The maximum atomic E-state index is 12.1. The van der Waals surface area contributed by atoms with Gasteiger partial charge in [0.05, 0.1) is 0 Å². The van der Waals surface area contributed by atoms with Crippen LogP contribution < -0.4 is 24.8 Å². The molecule has 2 N–H and O–H groups in total. The van der Waals surface area contributed by atoms with E-state index in [-0.39, 0.29) is 12.8 Å². The lowest BCUT2D eigenvalue weighted by Crippen LogP contribution is -2.30. The van der Waals surface area contributed by atoms with Gasteiger partial charge in [-0.2, -0.15) is 0 Å². The molecule has 0 spiro atoms. The number of urea groups is 1. The second kappa shape index (κ2) is 9.21. The first-order valence-corrected chi connectivity index (χ1v) is 9.81. The Morgan fingerprint density at radius 1 is 1.20 bits per heavy atom. The SMILES string of the molecule is Cc1nccn1CCCNC(=O)Nc1cccc(COc2ccc3c(c2)OCO3)c1. The van der Waals surface area contributed by atoms with E-state index >= 15 is 0 Å². The molecule has 1 aromatic heterocycles. The zero-order valence-corrected chi connectivity index (χ0v) is 16.8. The summed E-state index contributed by atoms with van der Waals surface area (Å²) in [4.78, 5) is 16.3. The van der Waals surface area contributed by atoms with Gasteiger partial charge >= 0.3 is 6.03 Å². The molecule has 30 heavy (non-hydrogen) atoms. The molecule has 0 saturated heterocycles. The van der Waals surface area contributed by atoms with E-state index < -0.39 is 0 Å². The van der Waals surface area contributed by atoms with Crippen LogP contribution in [-0.4, -0.2) is 28.9 Å². The van der Waals surface area contributed by atoms with Gasteiger partial charge < -0.3 is 29.4 Å². The highest BCUT2D eigenvalue weighted by Crippen LogP contribution is 2.35. The van der Waals surface area contributed by atoms with Gasteiger partial charge in [0.25, 0.3) is 0 Å². The number of nitrogens with one attached hydrogen (secondary N) is 2. The van der Waals surface area contributed by atoms with E-state index in [1.54, 1.807) is 6.20 Å². The highest BCUT2D eigenvalue weighted by atomic mass is 16.7. The minimum Gasteiger partial charge on any atom is -0.489 e. The predicted molar refractivity (Wildman–Crippen MR) is 112 cm³/mol. The van der Waals surface area contributed by atoms with Crippen LogP contribution in [-0.2, 0) is 13.2 Å². The first kappa shape index (κ1) is 19.6. The molecule has 1 aliphatic heterocycles. The molecule has 2 amide bonds. The topological polar surface area (TPSA) is 86.6 Å². The highest BCUT2D eigenvalue weighted by molar-refractivity contribution is 5.89. The Bertz CT molecular complexity index is 1020. The molecule has 8 nitrogen and oxygen atoms in total. The molecule has 2 heterocycles. The van der Waals surface area contributed by atoms with Gasteiger partial charge in [-0.25, -0.2) is 9.78 Å². The van der Waals surface area contributed by atoms with Crippen molar-refractivity contribution in [3.05, 3.63) is 66.2 Å². The number of fused-ring (bicyclic) bond motifs is 1. The Kier molecular flexibility index (Phi) is 6.03. The van der Waals surface area contributed by atoms with Crippen LogP contribution in [0.5, 0.6) is 17.2 Å². The van der Waals surface area contributed by atoms with Crippen molar-refractivity contribution in [1.82, 2.24) is 14.9 Å². The second-order valence-electron chi connectivity index (χ2n) is 6.91. The number of amides is 2. The van der Waals surface area contributed by atoms with Gasteiger partial charge in [0, 0.05) is 37.2 Å². The second-order valence-corrected chi connectivity index (χ2v) is 6.91. The molecule has 0 saturated carbocycles. The van der Waals surface area contributed by atoms with Crippen LogP contribution in [0.3, 0.4) is 0 Å². The lowest BCUT2D eigenvalue weighted by molar-refractivity contribution is 0.173. The Morgan fingerprint density at radius 2 is 2.10 bits per heavy atom. The molecule has 156 valence electrons. The fourth-order valence-corrected chi connectivity index (χ4v) is 3.14. The molecule has 8 heteroatoms. The normalized spacial score (nSPS) is 11.9. The van der Waals surface area contributed by atoms with Gasteiger partial charge in [-0.3, -0.25) is 0 Å². The zero-order valence-electron chi connectivity index (χ0n) is 16.8. The smallest absolute Gasteiger partial charge is 0.319 e. The van der Waals surface area contributed by atoms with E-state index in [4.69, 9.17) is 14.2 Å². The van der Waals surface area contributed by atoms with E-state index in [2.05, 4.69) is 20.2 Å². The minimum atomic E-state index is -0.230. The molecule has 3 aromatic rings. The summed E-state index contributed by atoms with van der Waals surface area (Å²) in [5, 5.41) is 5.73. The van der Waals surface area contributed by atoms with Gasteiger partial charge in [-0.1, -0.05) is 12.1 Å². The van der Waals surface area contributed by atoms with Crippen LogP contribution in [0, 0.1) is 6.92 Å². The average molecular weight is 408 g/mol. The van der Waals surface area contributed by atoms with Crippen molar-refractivity contribution in [3.63, 3.8) is 0 Å². The first-order valence-electron chi connectivity index (χ1n) is 9.81. The van der Waals surface area contributed by atoms with E-state index in [0.29, 0.717) is 30.3 Å². The van der Waals surface area contributed by atoms with Crippen molar-refractivity contribution in [1.29, 1.82) is 0 Å². The first-order chi connectivity index (χ1) is 14.7. The van der Waals surface area contributed by atoms with Crippen molar-refractivity contribution in [2.75, 3.05) is 18.7 Å². The quantitative estimate of drug-likeness (QED) is 0.555. The maximum Gasteiger partial charge on any atom is 0.319 e. The lowest BCUT2D eigenvalue weighted by Gasteiger charge is -2.11. The maximum absolute atomic E-state index is 12.1. The number of ether oxygens (including phenoxy) is 3. The number of rotatable bonds is 8.